The summed E-state index contributed by atoms with van der Waals surface area (Å²) in [7, 11) is -2.16. The van der Waals surface area contributed by atoms with Gasteiger partial charge in [-0.2, -0.15) is 0 Å². The van der Waals surface area contributed by atoms with E-state index in [1.54, 1.807) is 12.1 Å². The minimum atomic E-state index is -2.16. The van der Waals surface area contributed by atoms with Gasteiger partial charge >= 0.3 is 18.0 Å². The maximum absolute atomic E-state index is 12.3. The molecule has 5 aliphatic carbocycles. The zero-order valence-corrected chi connectivity index (χ0v) is 64.2. The molecule has 0 unspecified atom stereocenters. The number of hydrogen-bond acceptors (Lipinski definition) is 30. The van der Waals surface area contributed by atoms with Crippen LogP contribution in [0.25, 0.3) is 34.0 Å². The van der Waals surface area contributed by atoms with Gasteiger partial charge in [-0.3, -0.25) is 30.0 Å². The van der Waals surface area contributed by atoms with Crippen molar-refractivity contribution in [3.63, 3.8) is 0 Å². The predicted octanol–water partition coefficient (Wildman–Crippen LogP) is 7.57. The van der Waals surface area contributed by atoms with Crippen LogP contribution in [0.4, 0.5) is 4.79 Å². The summed E-state index contributed by atoms with van der Waals surface area (Å²) in [6.45, 7) is 11.3. The number of rotatable bonds is 18. The van der Waals surface area contributed by atoms with E-state index in [1.165, 1.54) is 40.1 Å². The molecule has 584 valence electrons. The van der Waals surface area contributed by atoms with Crippen LogP contribution in [0.1, 0.15) is 171 Å². The number of aromatic carboxylic acids is 1. The zero-order chi connectivity index (χ0) is 79.0. The van der Waals surface area contributed by atoms with E-state index in [2.05, 4.69) is 79.9 Å². The molecule has 34 nitrogen and oxygen atoms in total. The minimum absolute atomic E-state index is 0.00353. The second-order valence-corrected chi connectivity index (χ2v) is 35.8. The summed E-state index contributed by atoms with van der Waals surface area (Å²) < 4.78 is 20.9. The fourth-order valence-corrected chi connectivity index (χ4v) is 14.1. The second-order valence-electron chi connectivity index (χ2n) is 27.8. The molecule has 6 aromatic heterocycles. The number of benzene rings is 3. The third-order valence-corrected chi connectivity index (χ3v) is 25.9. The van der Waals surface area contributed by atoms with E-state index in [0.29, 0.717) is 74.9 Å². The number of aromatic nitrogens is 9. The summed E-state index contributed by atoms with van der Waals surface area (Å²) in [5.41, 5.74) is 21.2. The molecule has 0 radical (unpaired) electrons. The Hall–Kier alpha value is -10.0. The van der Waals surface area contributed by atoms with Crippen LogP contribution in [0.5, 0.6) is 0 Å². The molecular formula is C71H91N17O17S3Si. The van der Waals surface area contributed by atoms with Crippen LogP contribution in [0.3, 0.4) is 0 Å². The zero-order valence-electron chi connectivity index (χ0n) is 60.7. The quantitative estimate of drug-likeness (QED) is 0.0170. The molecule has 109 heavy (non-hydrogen) atoms. The van der Waals surface area contributed by atoms with Crippen LogP contribution in [0, 0.1) is 17.8 Å². The number of hydrogen-bond donors (Lipinski definition) is 14. The molecule has 0 bridgehead atoms. The van der Waals surface area contributed by atoms with Crippen molar-refractivity contribution in [2.24, 2.45) is 35.1 Å². The van der Waals surface area contributed by atoms with Crippen molar-refractivity contribution in [2.75, 3.05) is 6.61 Å². The largest absolute Gasteiger partial charge is 0.502 e. The Labute approximate surface area is 639 Å². The molecule has 5 fully saturated rings. The number of aliphatic hydroxyl groups excluding tert-OH is 4. The third-order valence-electron chi connectivity index (χ3n) is 18.4. The van der Waals surface area contributed by atoms with Crippen molar-refractivity contribution < 1.29 is 82.2 Å². The van der Waals surface area contributed by atoms with E-state index in [1.807, 2.05) is 125 Å². The van der Waals surface area contributed by atoms with Gasteiger partial charge in [0.1, 0.15) is 36.7 Å². The third kappa shape index (κ3) is 25.3. The van der Waals surface area contributed by atoms with E-state index < -0.39 is 33.0 Å². The lowest BCUT2D eigenvalue weighted by Crippen LogP contribution is -2.53. The number of aliphatic hydroxyl groups is 4. The normalized spacial score (nSPS) is 20.4. The van der Waals surface area contributed by atoms with Gasteiger partial charge in [0.25, 0.3) is 20.1 Å². The molecule has 38 heteroatoms. The van der Waals surface area contributed by atoms with Crippen molar-refractivity contribution >= 4 is 84.0 Å². The van der Waals surface area contributed by atoms with E-state index in [-0.39, 0.29) is 95.5 Å². The van der Waals surface area contributed by atoms with Crippen LogP contribution < -0.4 is 44.2 Å². The van der Waals surface area contributed by atoms with Crippen molar-refractivity contribution in [3.8, 4) is 34.0 Å². The number of nitrogens with zero attached hydrogens (tertiary/aromatic N) is 9. The van der Waals surface area contributed by atoms with Crippen molar-refractivity contribution in [2.45, 2.75) is 172 Å². The Kier molecular flexibility index (Phi) is 31.4. The average Bonchev–Trinajstić information content (AvgIpc) is 1.17. The minimum Gasteiger partial charge on any atom is -0.502 e. The number of aliphatic carboxylic acids is 1. The Bertz CT molecular complexity index is 4230. The van der Waals surface area contributed by atoms with E-state index in [9.17, 15) is 28.8 Å². The van der Waals surface area contributed by atoms with Crippen LogP contribution in [-0.2, 0) is 38.6 Å². The van der Waals surface area contributed by atoms with Gasteiger partial charge in [0.05, 0.1) is 19.8 Å². The molecule has 5 amide bonds. The summed E-state index contributed by atoms with van der Waals surface area (Å²) >= 11 is 4.34. The number of hydrazine groups is 2. The molecule has 9 aromatic rings. The molecule has 0 saturated heterocycles. The molecule has 0 spiro atoms. The van der Waals surface area contributed by atoms with Gasteiger partial charge < -0.3 is 70.7 Å². The molecule has 5 saturated carbocycles. The number of nitrogens with two attached hydrogens (primary N) is 3. The first-order chi connectivity index (χ1) is 52.0. The van der Waals surface area contributed by atoms with Gasteiger partial charge in [0.2, 0.25) is 11.8 Å². The van der Waals surface area contributed by atoms with E-state index >= 15 is 0 Å². The molecule has 0 atom stereocenters. The van der Waals surface area contributed by atoms with Gasteiger partial charge in [-0.25, -0.2) is 25.7 Å². The first-order valence-corrected chi connectivity index (χ1v) is 40.3. The summed E-state index contributed by atoms with van der Waals surface area (Å²) in [4.78, 5) is 78.2. The fourth-order valence-electron chi connectivity index (χ4n) is 10.8. The number of carbonyl (C=O) groups excluding carboxylic acids is 5. The predicted molar refractivity (Wildman–Crippen MR) is 401 cm³/mol. The Morgan fingerprint density at radius 3 is 1.17 bits per heavy atom. The maximum atomic E-state index is 12.3. The summed E-state index contributed by atoms with van der Waals surface area (Å²) in [6, 6.07) is 33.6. The standard InChI is InChI=1S/2C17H16N4O3S.C12H25N3O3Si.C10H7NO3.C7H11N3OS.C6H12N2O.C2H4O3/c2*22-9-15-19-20-17(25-15)11-6-12(7-11)18-16(23)13-8-14(24-21-13)10-4-2-1-3-5-10;1-12(2,3)19(4,5)18-11(17)15-14-10(16)8-6-9(13)7-8;12-10(13)8-6-9(14-11-8)7-4-2-1-3-5-7;8-5-1-4(2-5)7-10-9-6(3-11)12-7;1-4-2-5(3-4)6(9)8-7;3-1-2(4)5/h2*1-5,8,11-12,22H,6-7,9H2,(H,18,23);8-9H,6-7,13H2,1-5H3,(H,14,16)(H,15,17);1-6H,(H,12,13);4-5,11H,1-3,8H2;4-5H,2-3,7H2,1H3,(H,8,9);3H,1H2,(H,4,5). The van der Waals surface area contributed by atoms with Crippen LogP contribution in [0.15, 0.2) is 123 Å². The topological polar surface area (TPSA) is 544 Å². The lowest BCUT2D eigenvalue weighted by atomic mass is 9.76. The van der Waals surface area contributed by atoms with Crippen molar-refractivity contribution in [3.05, 3.63) is 156 Å². The number of carbonyl (C=O) groups is 7. The molecular weight excluding hydrogens is 1490 g/mol. The molecule has 6 heterocycles. The average molecular weight is 1580 g/mol. The molecule has 3 aromatic carbocycles. The Morgan fingerprint density at radius 2 is 0.862 bits per heavy atom. The number of nitrogens with one attached hydrogen (secondary N) is 5. The van der Waals surface area contributed by atoms with Gasteiger partial charge in [0.15, 0.2) is 34.4 Å². The summed E-state index contributed by atoms with van der Waals surface area (Å²) in [5, 5.41) is 96.1. The molecule has 0 aliphatic heterocycles. The van der Waals surface area contributed by atoms with Gasteiger partial charge in [-0.1, -0.05) is 168 Å². The SMILES string of the molecule is CC(C)(C)[Si](C)(C)OC(=O)NNC(=O)C1CC(N)C1.CC1CC(C(=O)NN)C1.NC1CC(c2nnc(CO)s2)C1.O=C(NC1CC(c2nnc(CO)s2)C1)c1cc(-c2ccccc2)on1.O=C(NC1CC(c2nnc(CO)s2)C1)c1cc(-c2ccccc2)on1.O=C(O)CO.O=C(O)c1cc(-c2ccccc2)on1. The lowest BCUT2D eigenvalue weighted by molar-refractivity contribution is -0.140. The van der Waals surface area contributed by atoms with Crippen molar-refractivity contribution in [1.82, 2.24) is 73.0 Å². The monoisotopic (exact) mass is 1580 g/mol. The fraction of sp³-hybridized carbons (Fsp3) is 0.437. The summed E-state index contributed by atoms with van der Waals surface area (Å²) in [5.74, 6) is 5.48. The number of carboxylic acid groups (broad SMARTS) is 2. The summed E-state index contributed by atoms with van der Waals surface area (Å²) in [6.07, 6.45) is 8.04. The van der Waals surface area contributed by atoms with Crippen molar-refractivity contribution in [1.29, 1.82) is 0 Å². The molecule has 17 N–H and O–H groups in total. The first-order valence-electron chi connectivity index (χ1n) is 34.9. The second kappa shape index (κ2) is 40.4. The van der Waals surface area contributed by atoms with E-state index in [0.717, 1.165) is 83.1 Å². The van der Waals surface area contributed by atoms with Crippen LogP contribution in [0.2, 0.25) is 18.1 Å². The Balaban J connectivity index is 0.000000167. The van der Waals surface area contributed by atoms with E-state index in [4.69, 9.17) is 70.7 Å². The molecule has 5 aliphatic rings. The number of carboxylic acids is 2. The van der Waals surface area contributed by atoms with Gasteiger partial charge in [-0.15, -0.1) is 30.6 Å². The van der Waals surface area contributed by atoms with Gasteiger partial charge in [0, 0.05) is 88.6 Å². The number of amides is 5. The maximum Gasteiger partial charge on any atom is 0.412 e. The molecule has 14 rings (SSSR count). The Morgan fingerprint density at radius 1 is 0.514 bits per heavy atom. The highest BCUT2D eigenvalue weighted by Gasteiger charge is 2.42. The lowest BCUT2D eigenvalue weighted by Gasteiger charge is -2.35. The highest BCUT2D eigenvalue weighted by molar-refractivity contribution is 7.11. The highest BCUT2D eigenvalue weighted by atomic mass is 32.1. The van der Waals surface area contributed by atoms with Crippen LogP contribution >= 0.6 is 34.0 Å². The smallest absolute Gasteiger partial charge is 0.412 e. The van der Waals surface area contributed by atoms with Crippen LogP contribution in [-0.4, -0.2) is 157 Å². The van der Waals surface area contributed by atoms with Gasteiger partial charge in [-0.05, 0) is 88.3 Å². The first kappa shape index (κ1) is 84.6. The highest BCUT2D eigenvalue weighted by Crippen LogP contribution is 2.41.